The number of piperidine rings is 1. The summed E-state index contributed by atoms with van der Waals surface area (Å²) in [4.78, 5) is 6.95. The number of likely N-dealkylation sites (tertiary alicyclic amines) is 1. The van der Waals surface area contributed by atoms with E-state index in [1.165, 1.54) is 6.26 Å². The van der Waals surface area contributed by atoms with Crippen LogP contribution in [0, 0.1) is 0 Å². The van der Waals surface area contributed by atoms with Crippen LogP contribution in [0.4, 0.5) is 0 Å². The maximum atomic E-state index is 11.3. The molecule has 1 heterocycles. The summed E-state index contributed by atoms with van der Waals surface area (Å²) in [5.41, 5.74) is 1.03. The van der Waals surface area contributed by atoms with Crippen molar-refractivity contribution < 1.29 is 13.2 Å². The summed E-state index contributed by atoms with van der Waals surface area (Å²) >= 11 is 0. The molecule has 1 aliphatic heterocycles. The molecule has 1 aliphatic rings. The molecule has 0 saturated carbocycles. The fourth-order valence-corrected chi connectivity index (χ4v) is 3.79. The second-order valence-electron chi connectivity index (χ2n) is 7.29. The monoisotopic (exact) mass is 422 g/mol. The third-order valence-corrected chi connectivity index (χ3v) is 5.71. The molecule has 0 aromatic heterocycles. The van der Waals surface area contributed by atoms with Gasteiger partial charge < -0.3 is 20.3 Å². The van der Waals surface area contributed by atoms with E-state index < -0.39 is 9.84 Å². The quantitative estimate of drug-likeness (QED) is 0.340. The highest BCUT2D eigenvalue weighted by Crippen LogP contribution is 2.19. The Kier molecular flexibility index (Phi) is 9.47. The van der Waals surface area contributed by atoms with E-state index in [2.05, 4.69) is 22.1 Å². The number of aliphatic imine (C=N–C) groups is 1. The van der Waals surface area contributed by atoms with Crippen LogP contribution in [0.25, 0.3) is 0 Å². The van der Waals surface area contributed by atoms with Gasteiger partial charge in [0.2, 0.25) is 0 Å². The first-order chi connectivity index (χ1) is 13.9. The standard InChI is InChI=1S/C21H34N4O3S/c1-4-15-28-20-9-7-6-8-18(20)17-23-21(22-5-2)24-19-10-12-25(13-11-19)14-16-29(3,26)27/h4,6-9,19H,1,5,10-17H2,2-3H3,(H2,22,23,24). The third-order valence-electron chi connectivity index (χ3n) is 4.79. The molecule has 1 fully saturated rings. The van der Waals surface area contributed by atoms with Crippen LogP contribution in [0.1, 0.15) is 25.3 Å². The van der Waals surface area contributed by atoms with E-state index >= 15 is 0 Å². The summed E-state index contributed by atoms with van der Waals surface area (Å²) in [7, 11) is -2.91. The number of para-hydroxylation sites is 1. The Morgan fingerprint density at radius 1 is 1.34 bits per heavy atom. The molecule has 0 bridgehead atoms. The van der Waals surface area contributed by atoms with Gasteiger partial charge in [0.1, 0.15) is 22.2 Å². The molecule has 29 heavy (non-hydrogen) atoms. The molecule has 0 radical (unpaired) electrons. The van der Waals surface area contributed by atoms with Gasteiger partial charge in [-0.05, 0) is 25.8 Å². The SMILES string of the molecule is C=CCOc1ccccc1CN=C(NCC)NC1CCN(CCS(C)(=O)=O)CC1. The van der Waals surface area contributed by atoms with Crippen LogP contribution >= 0.6 is 0 Å². The number of sulfone groups is 1. The van der Waals surface area contributed by atoms with Gasteiger partial charge in [0, 0.05) is 44.0 Å². The number of ether oxygens (including phenoxy) is 1. The first kappa shape index (κ1) is 23.2. The molecule has 0 amide bonds. The zero-order valence-corrected chi connectivity index (χ0v) is 18.4. The van der Waals surface area contributed by atoms with Crippen molar-refractivity contribution in [2.75, 3.05) is 44.8 Å². The van der Waals surface area contributed by atoms with Crippen molar-refractivity contribution in [2.24, 2.45) is 4.99 Å². The number of guanidine groups is 1. The Hall–Kier alpha value is -2.06. The van der Waals surface area contributed by atoms with Crippen molar-refractivity contribution >= 4 is 15.8 Å². The lowest BCUT2D eigenvalue weighted by molar-refractivity contribution is 0.216. The maximum absolute atomic E-state index is 11.3. The van der Waals surface area contributed by atoms with E-state index in [9.17, 15) is 8.42 Å². The largest absolute Gasteiger partial charge is 0.489 e. The number of nitrogens with zero attached hydrogens (tertiary/aromatic N) is 2. The molecule has 2 rings (SSSR count). The summed E-state index contributed by atoms with van der Waals surface area (Å²) < 4.78 is 28.4. The molecule has 0 aliphatic carbocycles. The van der Waals surface area contributed by atoms with Gasteiger partial charge in [-0.2, -0.15) is 0 Å². The Morgan fingerprint density at radius 2 is 2.07 bits per heavy atom. The first-order valence-corrected chi connectivity index (χ1v) is 12.2. The van der Waals surface area contributed by atoms with Gasteiger partial charge in [0.05, 0.1) is 12.3 Å². The van der Waals surface area contributed by atoms with Crippen LogP contribution in [0.15, 0.2) is 41.9 Å². The van der Waals surface area contributed by atoms with Crippen LogP contribution in [0.2, 0.25) is 0 Å². The molecule has 8 heteroatoms. The second-order valence-corrected chi connectivity index (χ2v) is 9.55. The number of hydrogen-bond donors (Lipinski definition) is 2. The van der Waals surface area contributed by atoms with E-state index in [0.29, 0.717) is 25.7 Å². The molecular weight excluding hydrogens is 388 g/mol. The van der Waals surface area contributed by atoms with E-state index in [-0.39, 0.29) is 5.75 Å². The maximum Gasteiger partial charge on any atom is 0.191 e. The molecule has 0 spiro atoms. The molecule has 1 aromatic carbocycles. The van der Waals surface area contributed by atoms with Gasteiger partial charge in [-0.1, -0.05) is 30.9 Å². The third kappa shape index (κ3) is 8.87. The van der Waals surface area contributed by atoms with Gasteiger partial charge in [0.15, 0.2) is 5.96 Å². The number of rotatable bonds is 10. The zero-order chi connectivity index (χ0) is 21.1. The number of hydrogen-bond acceptors (Lipinski definition) is 5. The van der Waals surface area contributed by atoms with Crippen LogP contribution in [-0.4, -0.2) is 70.1 Å². The summed E-state index contributed by atoms with van der Waals surface area (Å²) in [5, 5.41) is 6.83. The first-order valence-electron chi connectivity index (χ1n) is 10.2. The van der Waals surface area contributed by atoms with Crippen LogP contribution in [-0.2, 0) is 16.4 Å². The predicted octanol–water partition coefficient (Wildman–Crippen LogP) is 1.82. The number of benzene rings is 1. The summed E-state index contributed by atoms with van der Waals surface area (Å²) in [6.07, 6.45) is 4.95. The smallest absolute Gasteiger partial charge is 0.191 e. The van der Waals surface area contributed by atoms with Crippen LogP contribution in [0.3, 0.4) is 0 Å². The minimum atomic E-state index is -2.91. The lowest BCUT2D eigenvalue weighted by atomic mass is 10.1. The van der Waals surface area contributed by atoms with Crippen LogP contribution < -0.4 is 15.4 Å². The van der Waals surface area contributed by atoms with Crippen molar-refractivity contribution in [1.82, 2.24) is 15.5 Å². The second kappa shape index (κ2) is 11.8. The topological polar surface area (TPSA) is 83.0 Å². The summed E-state index contributed by atoms with van der Waals surface area (Å²) in [5.74, 6) is 1.84. The average Bonchev–Trinajstić information content (AvgIpc) is 2.70. The molecule has 0 atom stereocenters. The molecule has 0 unspecified atom stereocenters. The molecule has 162 valence electrons. The highest BCUT2D eigenvalue weighted by Gasteiger charge is 2.20. The molecule has 1 aromatic rings. The van der Waals surface area contributed by atoms with Gasteiger partial charge in [-0.15, -0.1) is 0 Å². The predicted molar refractivity (Wildman–Crippen MR) is 119 cm³/mol. The van der Waals surface area contributed by atoms with E-state index in [0.717, 1.165) is 49.7 Å². The van der Waals surface area contributed by atoms with Crippen molar-refractivity contribution in [1.29, 1.82) is 0 Å². The Labute approximate surface area is 175 Å². The van der Waals surface area contributed by atoms with E-state index in [1.54, 1.807) is 6.08 Å². The lowest BCUT2D eigenvalue weighted by Gasteiger charge is -2.32. The normalized spacial score (nSPS) is 16.4. The minimum absolute atomic E-state index is 0.225. The van der Waals surface area contributed by atoms with E-state index in [1.807, 2.05) is 31.2 Å². The Balaban J connectivity index is 1.89. The molecule has 1 saturated heterocycles. The van der Waals surface area contributed by atoms with E-state index in [4.69, 9.17) is 9.73 Å². The average molecular weight is 423 g/mol. The fourth-order valence-electron chi connectivity index (χ4n) is 3.20. The fraction of sp³-hybridized carbons (Fsp3) is 0.571. The van der Waals surface area contributed by atoms with Gasteiger partial charge >= 0.3 is 0 Å². The van der Waals surface area contributed by atoms with Gasteiger partial charge in [-0.3, -0.25) is 0 Å². The Morgan fingerprint density at radius 3 is 2.72 bits per heavy atom. The van der Waals surface area contributed by atoms with Gasteiger partial charge in [-0.25, -0.2) is 13.4 Å². The highest BCUT2D eigenvalue weighted by molar-refractivity contribution is 7.90. The molecule has 2 N–H and O–H groups in total. The molecular formula is C21H34N4O3S. The van der Waals surface area contributed by atoms with Crippen LogP contribution in [0.5, 0.6) is 5.75 Å². The summed E-state index contributed by atoms with van der Waals surface area (Å²) in [6.45, 7) is 9.92. The van der Waals surface area contributed by atoms with Crippen molar-refractivity contribution in [3.63, 3.8) is 0 Å². The minimum Gasteiger partial charge on any atom is -0.489 e. The Bertz CT molecular complexity index is 772. The van der Waals surface area contributed by atoms with Crippen molar-refractivity contribution in [2.45, 2.75) is 32.4 Å². The van der Waals surface area contributed by atoms with Crippen molar-refractivity contribution in [3.8, 4) is 5.75 Å². The lowest BCUT2D eigenvalue weighted by Crippen LogP contribution is -2.49. The zero-order valence-electron chi connectivity index (χ0n) is 17.6. The van der Waals surface area contributed by atoms with Crippen molar-refractivity contribution in [3.05, 3.63) is 42.5 Å². The van der Waals surface area contributed by atoms with Gasteiger partial charge in [0.25, 0.3) is 0 Å². The number of nitrogens with one attached hydrogen (secondary N) is 2. The summed E-state index contributed by atoms with van der Waals surface area (Å²) in [6, 6.07) is 8.23. The highest BCUT2D eigenvalue weighted by atomic mass is 32.2. The molecule has 7 nitrogen and oxygen atoms in total.